The molecular formula is C13H16N2O3. The van der Waals surface area contributed by atoms with E-state index < -0.39 is 0 Å². The Labute approximate surface area is 105 Å². The number of hydrogen-bond donors (Lipinski definition) is 2. The molecule has 1 fully saturated rings. The summed E-state index contributed by atoms with van der Waals surface area (Å²) < 4.78 is 10.6. The normalized spacial score (nSPS) is 16.4. The third-order valence-corrected chi connectivity index (χ3v) is 3.05. The molecule has 1 heterocycles. The zero-order valence-electron chi connectivity index (χ0n) is 10.1. The van der Waals surface area contributed by atoms with E-state index >= 15 is 0 Å². The van der Waals surface area contributed by atoms with Gasteiger partial charge in [0.25, 0.3) is 0 Å². The van der Waals surface area contributed by atoms with Gasteiger partial charge in [-0.05, 0) is 37.0 Å². The van der Waals surface area contributed by atoms with Crippen molar-refractivity contribution >= 4 is 6.03 Å². The summed E-state index contributed by atoms with van der Waals surface area (Å²) in [6, 6.07) is 6.19. The number of urea groups is 1. The Kier molecular flexibility index (Phi) is 2.96. The number of ether oxygens (including phenoxy) is 2. The summed E-state index contributed by atoms with van der Waals surface area (Å²) in [5.41, 5.74) is 1.13. The second-order valence-corrected chi connectivity index (χ2v) is 4.61. The highest BCUT2D eigenvalue weighted by Crippen LogP contribution is 2.32. The second-order valence-electron chi connectivity index (χ2n) is 4.61. The molecule has 5 heteroatoms. The van der Waals surface area contributed by atoms with Gasteiger partial charge in [-0.1, -0.05) is 6.07 Å². The molecule has 1 aromatic carbocycles. The van der Waals surface area contributed by atoms with E-state index in [9.17, 15) is 4.79 Å². The molecule has 2 aliphatic rings. The number of amides is 2. The molecule has 0 radical (unpaired) electrons. The molecular weight excluding hydrogens is 232 g/mol. The Bertz CT molecular complexity index is 458. The first-order valence-electron chi connectivity index (χ1n) is 6.24. The van der Waals surface area contributed by atoms with Crippen molar-refractivity contribution in [3.8, 4) is 11.5 Å². The molecule has 96 valence electrons. The fraction of sp³-hybridized carbons (Fsp3) is 0.462. The fourth-order valence-corrected chi connectivity index (χ4v) is 1.88. The topological polar surface area (TPSA) is 59.6 Å². The molecule has 1 aliphatic carbocycles. The lowest BCUT2D eigenvalue weighted by atomic mass is 10.1. The monoisotopic (exact) mass is 248 g/mol. The summed E-state index contributed by atoms with van der Waals surface area (Å²) in [6.07, 6.45) is 3.00. The number of hydrogen-bond acceptors (Lipinski definition) is 3. The van der Waals surface area contributed by atoms with Crippen molar-refractivity contribution in [2.45, 2.75) is 25.3 Å². The van der Waals surface area contributed by atoms with Gasteiger partial charge >= 0.3 is 6.03 Å². The van der Waals surface area contributed by atoms with E-state index in [1.54, 1.807) is 0 Å². The van der Waals surface area contributed by atoms with Crippen molar-refractivity contribution in [1.82, 2.24) is 10.6 Å². The van der Waals surface area contributed by atoms with Crippen LogP contribution >= 0.6 is 0 Å². The molecule has 1 saturated carbocycles. The van der Waals surface area contributed by atoms with Crippen molar-refractivity contribution in [3.05, 3.63) is 23.8 Å². The third-order valence-electron chi connectivity index (χ3n) is 3.05. The number of benzene rings is 1. The van der Waals surface area contributed by atoms with Crippen molar-refractivity contribution in [2.75, 3.05) is 13.3 Å². The van der Waals surface area contributed by atoms with Gasteiger partial charge in [-0.3, -0.25) is 0 Å². The predicted octanol–water partition coefficient (Wildman–Crippen LogP) is 1.42. The van der Waals surface area contributed by atoms with Gasteiger partial charge in [0.15, 0.2) is 11.5 Å². The quantitative estimate of drug-likeness (QED) is 0.847. The summed E-state index contributed by atoms with van der Waals surface area (Å²) >= 11 is 0. The zero-order chi connectivity index (χ0) is 12.4. The Morgan fingerprint density at radius 1 is 1.28 bits per heavy atom. The molecule has 3 rings (SSSR count). The van der Waals surface area contributed by atoms with E-state index in [4.69, 9.17) is 9.47 Å². The van der Waals surface area contributed by atoms with Crippen LogP contribution in [-0.2, 0) is 6.42 Å². The number of fused-ring (bicyclic) bond motifs is 1. The van der Waals surface area contributed by atoms with Crippen LogP contribution in [0.4, 0.5) is 4.79 Å². The lowest BCUT2D eigenvalue weighted by Crippen LogP contribution is -2.37. The van der Waals surface area contributed by atoms with Crippen LogP contribution < -0.4 is 20.1 Å². The molecule has 0 bridgehead atoms. The molecule has 2 N–H and O–H groups in total. The van der Waals surface area contributed by atoms with E-state index in [1.807, 2.05) is 18.2 Å². The summed E-state index contributed by atoms with van der Waals surface area (Å²) in [7, 11) is 0. The van der Waals surface area contributed by atoms with Crippen LogP contribution in [0, 0.1) is 0 Å². The lowest BCUT2D eigenvalue weighted by Gasteiger charge is -2.07. The lowest BCUT2D eigenvalue weighted by molar-refractivity contribution is 0.174. The number of carbonyl (C=O) groups is 1. The van der Waals surface area contributed by atoms with Crippen LogP contribution in [0.25, 0.3) is 0 Å². The maximum Gasteiger partial charge on any atom is 0.315 e. The summed E-state index contributed by atoms with van der Waals surface area (Å²) in [5.74, 6) is 1.58. The van der Waals surface area contributed by atoms with Crippen molar-refractivity contribution < 1.29 is 14.3 Å². The zero-order valence-corrected chi connectivity index (χ0v) is 10.1. The minimum Gasteiger partial charge on any atom is -0.454 e. The van der Waals surface area contributed by atoms with Gasteiger partial charge in [-0.15, -0.1) is 0 Å². The van der Waals surface area contributed by atoms with Crippen molar-refractivity contribution in [3.63, 3.8) is 0 Å². The predicted molar refractivity (Wildman–Crippen MR) is 65.8 cm³/mol. The minimum absolute atomic E-state index is 0.0711. The van der Waals surface area contributed by atoms with E-state index in [1.165, 1.54) is 0 Å². The molecule has 5 nitrogen and oxygen atoms in total. The maximum atomic E-state index is 11.4. The molecule has 1 aliphatic heterocycles. The Hall–Kier alpha value is -1.91. The maximum absolute atomic E-state index is 11.4. The second kappa shape index (κ2) is 4.76. The van der Waals surface area contributed by atoms with Crippen LogP contribution in [0.5, 0.6) is 11.5 Å². The van der Waals surface area contributed by atoms with Crippen LogP contribution in [0.2, 0.25) is 0 Å². The molecule has 0 atom stereocenters. The van der Waals surface area contributed by atoms with Gasteiger partial charge < -0.3 is 20.1 Å². The molecule has 0 spiro atoms. The first-order chi connectivity index (χ1) is 8.81. The van der Waals surface area contributed by atoms with Gasteiger partial charge in [-0.2, -0.15) is 0 Å². The third kappa shape index (κ3) is 2.67. The van der Waals surface area contributed by atoms with Gasteiger partial charge in [0.1, 0.15) is 0 Å². The number of rotatable bonds is 4. The van der Waals surface area contributed by atoms with Crippen LogP contribution in [0.3, 0.4) is 0 Å². The van der Waals surface area contributed by atoms with Gasteiger partial charge in [0.05, 0.1) is 0 Å². The van der Waals surface area contributed by atoms with E-state index in [2.05, 4.69) is 10.6 Å². The van der Waals surface area contributed by atoms with Crippen LogP contribution in [-0.4, -0.2) is 25.4 Å². The summed E-state index contributed by atoms with van der Waals surface area (Å²) in [5, 5.41) is 5.74. The molecule has 0 unspecified atom stereocenters. The fourth-order valence-electron chi connectivity index (χ4n) is 1.88. The first-order valence-corrected chi connectivity index (χ1v) is 6.24. The van der Waals surface area contributed by atoms with Crippen molar-refractivity contribution in [2.24, 2.45) is 0 Å². The SMILES string of the molecule is O=C(NCCc1ccc2c(c1)OCO2)NC1CC1. The van der Waals surface area contributed by atoms with E-state index in [0.29, 0.717) is 19.4 Å². The standard InChI is InChI=1S/C13H16N2O3/c16-13(15-10-2-3-10)14-6-5-9-1-4-11-12(7-9)18-8-17-11/h1,4,7,10H,2-3,5-6,8H2,(H2,14,15,16). The molecule has 0 aromatic heterocycles. The first kappa shape index (κ1) is 11.2. The highest BCUT2D eigenvalue weighted by Gasteiger charge is 2.22. The molecule has 0 saturated heterocycles. The number of nitrogens with one attached hydrogen (secondary N) is 2. The summed E-state index contributed by atoms with van der Waals surface area (Å²) in [6.45, 7) is 0.916. The smallest absolute Gasteiger partial charge is 0.315 e. The average molecular weight is 248 g/mol. The minimum atomic E-state index is -0.0711. The van der Waals surface area contributed by atoms with E-state index in [-0.39, 0.29) is 6.03 Å². The van der Waals surface area contributed by atoms with Crippen molar-refractivity contribution in [1.29, 1.82) is 0 Å². The average Bonchev–Trinajstić information content (AvgIpc) is 3.05. The highest BCUT2D eigenvalue weighted by molar-refractivity contribution is 5.74. The van der Waals surface area contributed by atoms with Gasteiger partial charge in [0.2, 0.25) is 6.79 Å². The van der Waals surface area contributed by atoms with Gasteiger partial charge in [-0.25, -0.2) is 4.79 Å². The largest absolute Gasteiger partial charge is 0.454 e. The highest BCUT2D eigenvalue weighted by atomic mass is 16.7. The Morgan fingerprint density at radius 2 is 2.11 bits per heavy atom. The Morgan fingerprint density at radius 3 is 2.94 bits per heavy atom. The summed E-state index contributed by atoms with van der Waals surface area (Å²) in [4.78, 5) is 11.4. The number of carbonyl (C=O) groups excluding carboxylic acids is 1. The molecule has 18 heavy (non-hydrogen) atoms. The molecule has 1 aromatic rings. The molecule has 2 amide bonds. The van der Waals surface area contributed by atoms with Gasteiger partial charge in [0, 0.05) is 12.6 Å². The van der Waals surface area contributed by atoms with Crippen LogP contribution in [0.1, 0.15) is 18.4 Å². The van der Waals surface area contributed by atoms with E-state index in [0.717, 1.165) is 36.3 Å². The van der Waals surface area contributed by atoms with Crippen LogP contribution in [0.15, 0.2) is 18.2 Å². The Balaban J connectivity index is 1.46.